The smallest absolute Gasteiger partial charge is 0.408 e. The molecule has 1 aliphatic rings. The predicted octanol–water partition coefficient (Wildman–Crippen LogP) is 3.00. The van der Waals surface area contributed by atoms with E-state index < -0.39 is 17.4 Å². The van der Waals surface area contributed by atoms with Crippen molar-refractivity contribution in [2.75, 3.05) is 11.6 Å². The SMILES string of the molecule is CC[C@H](C)[C@H](NC(=O)OC(C)(C)C)C1=NC(O)(CCl)CS1. The minimum absolute atomic E-state index is 0.0448. The second-order valence-corrected chi connectivity index (χ2v) is 7.63. The lowest BCUT2D eigenvalue weighted by Crippen LogP contribution is -2.46. The van der Waals surface area contributed by atoms with Crippen molar-refractivity contribution >= 4 is 34.5 Å². The fourth-order valence-corrected chi connectivity index (χ4v) is 3.32. The molecule has 21 heavy (non-hydrogen) atoms. The highest BCUT2D eigenvalue weighted by molar-refractivity contribution is 8.14. The third-order valence-corrected chi connectivity index (χ3v) is 4.81. The Kier molecular flexibility index (Phi) is 6.37. The molecule has 0 aliphatic carbocycles. The fraction of sp³-hybridized carbons (Fsp3) is 0.857. The van der Waals surface area contributed by atoms with E-state index in [1.807, 2.05) is 34.6 Å². The molecule has 0 bridgehead atoms. The lowest BCUT2D eigenvalue weighted by molar-refractivity contribution is 0.0505. The van der Waals surface area contributed by atoms with Gasteiger partial charge in [0.15, 0.2) is 5.72 Å². The van der Waals surface area contributed by atoms with E-state index in [0.717, 1.165) is 6.42 Å². The summed E-state index contributed by atoms with van der Waals surface area (Å²) >= 11 is 7.17. The van der Waals surface area contributed by atoms with Crippen LogP contribution in [0.15, 0.2) is 4.99 Å². The molecule has 1 unspecified atom stereocenters. The summed E-state index contributed by atoms with van der Waals surface area (Å²) in [5, 5.41) is 13.7. The van der Waals surface area contributed by atoms with Gasteiger partial charge < -0.3 is 15.2 Å². The number of nitrogens with zero attached hydrogens (tertiary/aromatic N) is 1. The van der Waals surface area contributed by atoms with E-state index in [4.69, 9.17) is 16.3 Å². The Bertz CT molecular complexity index is 412. The predicted molar refractivity (Wildman–Crippen MR) is 88.2 cm³/mol. The van der Waals surface area contributed by atoms with E-state index in [0.29, 0.717) is 10.8 Å². The lowest BCUT2D eigenvalue weighted by Gasteiger charge is -2.26. The third-order valence-electron chi connectivity index (χ3n) is 3.13. The van der Waals surface area contributed by atoms with Gasteiger partial charge >= 0.3 is 6.09 Å². The first-order valence-corrected chi connectivity index (χ1v) is 8.62. The number of aliphatic imine (C=N–C) groups is 1. The second-order valence-electron chi connectivity index (χ2n) is 6.36. The summed E-state index contributed by atoms with van der Waals surface area (Å²) in [6.07, 6.45) is 0.400. The average Bonchev–Trinajstić information content (AvgIpc) is 2.76. The molecular formula is C14H25ClN2O3S. The molecule has 5 nitrogen and oxygen atoms in total. The summed E-state index contributed by atoms with van der Waals surface area (Å²) in [5.41, 5.74) is -1.78. The number of halogens is 1. The molecule has 0 spiro atoms. The number of ether oxygens (including phenoxy) is 1. The standard InChI is InChI=1S/C14H25ClN2O3S/c1-6-9(2)10(16-12(18)20-13(3,4)5)11-17-14(19,7-15)8-21-11/h9-10,19H,6-8H2,1-5H3,(H,16,18)/t9-,10-,14?/m0/s1. The first-order chi connectivity index (χ1) is 9.60. The Morgan fingerprint density at radius 1 is 1.62 bits per heavy atom. The minimum atomic E-state index is -1.23. The van der Waals surface area contributed by atoms with Gasteiger partial charge in [0.2, 0.25) is 0 Å². The van der Waals surface area contributed by atoms with Crippen LogP contribution in [0.25, 0.3) is 0 Å². The van der Waals surface area contributed by atoms with Gasteiger partial charge in [0.1, 0.15) is 5.60 Å². The van der Waals surface area contributed by atoms with E-state index in [-0.39, 0.29) is 17.8 Å². The van der Waals surface area contributed by atoms with Gasteiger partial charge in [0.05, 0.1) is 22.7 Å². The number of carbonyl (C=O) groups excluding carboxylic acids is 1. The Morgan fingerprint density at radius 2 is 2.24 bits per heavy atom. The number of amides is 1. The topological polar surface area (TPSA) is 70.9 Å². The molecule has 0 aromatic rings. The second kappa shape index (κ2) is 7.20. The molecule has 122 valence electrons. The van der Waals surface area contributed by atoms with Crippen LogP contribution in [0.5, 0.6) is 0 Å². The average molecular weight is 337 g/mol. The quantitative estimate of drug-likeness (QED) is 0.757. The molecule has 7 heteroatoms. The molecule has 1 amide bonds. The molecule has 2 N–H and O–H groups in total. The summed E-state index contributed by atoms with van der Waals surface area (Å²) in [7, 11) is 0. The number of alkyl carbamates (subject to hydrolysis) is 1. The van der Waals surface area contributed by atoms with Crippen molar-refractivity contribution < 1.29 is 14.6 Å². The van der Waals surface area contributed by atoms with E-state index in [1.54, 1.807) is 0 Å². The maximum absolute atomic E-state index is 12.0. The summed E-state index contributed by atoms with van der Waals surface area (Å²) < 4.78 is 5.30. The van der Waals surface area contributed by atoms with Crippen molar-refractivity contribution in [3.05, 3.63) is 0 Å². The molecule has 0 aromatic carbocycles. The van der Waals surface area contributed by atoms with E-state index in [1.165, 1.54) is 11.8 Å². The Morgan fingerprint density at radius 3 is 2.67 bits per heavy atom. The van der Waals surface area contributed by atoms with Gasteiger partial charge in [0.25, 0.3) is 0 Å². The van der Waals surface area contributed by atoms with Gasteiger partial charge in [-0.3, -0.25) is 0 Å². The van der Waals surface area contributed by atoms with Crippen molar-refractivity contribution in [1.82, 2.24) is 5.32 Å². The molecule has 1 rings (SSSR count). The summed E-state index contributed by atoms with van der Waals surface area (Å²) in [6, 6.07) is -0.271. The van der Waals surface area contributed by atoms with Gasteiger partial charge in [-0.15, -0.1) is 23.4 Å². The largest absolute Gasteiger partial charge is 0.444 e. The highest BCUT2D eigenvalue weighted by atomic mass is 35.5. The highest BCUT2D eigenvalue weighted by Gasteiger charge is 2.37. The number of hydrogen-bond acceptors (Lipinski definition) is 5. The molecule has 0 saturated heterocycles. The van der Waals surface area contributed by atoms with Crippen LogP contribution in [0.4, 0.5) is 4.79 Å². The molecular weight excluding hydrogens is 312 g/mol. The lowest BCUT2D eigenvalue weighted by atomic mass is 10.00. The number of alkyl halides is 1. The molecule has 1 heterocycles. The van der Waals surface area contributed by atoms with Crippen LogP contribution in [0, 0.1) is 5.92 Å². The molecule has 0 fully saturated rings. The minimum Gasteiger partial charge on any atom is -0.444 e. The first-order valence-electron chi connectivity index (χ1n) is 7.10. The number of nitrogens with one attached hydrogen (secondary N) is 1. The first kappa shape index (κ1) is 18.6. The van der Waals surface area contributed by atoms with Gasteiger partial charge in [-0.2, -0.15) is 0 Å². The monoisotopic (exact) mass is 336 g/mol. The maximum Gasteiger partial charge on any atom is 0.408 e. The van der Waals surface area contributed by atoms with Crippen LogP contribution in [-0.2, 0) is 4.74 Å². The van der Waals surface area contributed by atoms with Crippen LogP contribution >= 0.6 is 23.4 Å². The van der Waals surface area contributed by atoms with Gasteiger partial charge in [-0.05, 0) is 26.7 Å². The Hall–Kier alpha value is -0.460. The summed E-state index contributed by atoms with van der Waals surface area (Å²) in [5.74, 6) is 0.638. The molecule has 3 atom stereocenters. The number of rotatable bonds is 5. The van der Waals surface area contributed by atoms with Gasteiger partial charge in [-0.1, -0.05) is 20.3 Å². The van der Waals surface area contributed by atoms with Crippen LogP contribution in [0.3, 0.4) is 0 Å². The van der Waals surface area contributed by atoms with Crippen molar-refractivity contribution in [2.24, 2.45) is 10.9 Å². The zero-order valence-corrected chi connectivity index (χ0v) is 14.8. The number of aliphatic hydroxyl groups is 1. The molecule has 1 aliphatic heterocycles. The van der Waals surface area contributed by atoms with E-state index in [9.17, 15) is 9.90 Å². The van der Waals surface area contributed by atoms with Crippen molar-refractivity contribution in [1.29, 1.82) is 0 Å². The zero-order valence-electron chi connectivity index (χ0n) is 13.3. The van der Waals surface area contributed by atoms with E-state index >= 15 is 0 Å². The summed E-state index contributed by atoms with van der Waals surface area (Å²) in [6.45, 7) is 9.53. The van der Waals surface area contributed by atoms with Gasteiger partial charge in [-0.25, -0.2) is 9.79 Å². The zero-order chi connectivity index (χ0) is 16.3. The normalized spacial score (nSPS) is 25.2. The Balaban J connectivity index is 2.83. The molecule has 0 saturated carbocycles. The van der Waals surface area contributed by atoms with Gasteiger partial charge in [0, 0.05) is 0 Å². The molecule has 0 aromatic heterocycles. The van der Waals surface area contributed by atoms with E-state index in [2.05, 4.69) is 10.3 Å². The van der Waals surface area contributed by atoms with Crippen molar-refractivity contribution in [2.45, 2.75) is 58.4 Å². The maximum atomic E-state index is 12.0. The van der Waals surface area contributed by atoms with Crippen LogP contribution in [0.1, 0.15) is 41.0 Å². The van der Waals surface area contributed by atoms with Crippen LogP contribution in [0.2, 0.25) is 0 Å². The number of hydrogen-bond donors (Lipinski definition) is 2. The number of carbonyl (C=O) groups is 1. The number of thioether (sulfide) groups is 1. The fourth-order valence-electron chi connectivity index (χ4n) is 1.80. The third kappa shape index (κ3) is 5.68. The molecule has 0 radical (unpaired) electrons. The highest BCUT2D eigenvalue weighted by Crippen LogP contribution is 2.30. The van der Waals surface area contributed by atoms with Crippen LogP contribution < -0.4 is 5.32 Å². The van der Waals surface area contributed by atoms with Crippen molar-refractivity contribution in [3.8, 4) is 0 Å². The Labute approximate surface area is 135 Å². The van der Waals surface area contributed by atoms with Crippen molar-refractivity contribution in [3.63, 3.8) is 0 Å². The summed E-state index contributed by atoms with van der Waals surface area (Å²) in [4.78, 5) is 16.3. The van der Waals surface area contributed by atoms with Crippen LogP contribution in [-0.4, -0.2) is 45.2 Å².